The summed E-state index contributed by atoms with van der Waals surface area (Å²) in [4.78, 5) is 12.4. The van der Waals surface area contributed by atoms with E-state index in [0.29, 0.717) is 23.9 Å². The summed E-state index contributed by atoms with van der Waals surface area (Å²) >= 11 is 1.16. The fourth-order valence-corrected chi connectivity index (χ4v) is 3.74. The van der Waals surface area contributed by atoms with Crippen LogP contribution in [0.25, 0.3) is 11.0 Å². The van der Waals surface area contributed by atoms with Gasteiger partial charge in [0.2, 0.25) is 0 Å². The molecule has 2 aliphatic rings. The summed E-state index contributed by atoms with van der Waals surface area (Å²) in [7, 11) is 0. The first kappa shape index (κ1) is 15.0. The lowest BCUT2D eigenvalue weighted by atomic mass is 10.2. The Kier molecular flexibility index (Phi) is 3.55. The Labute approximate surface area is 149 Å². The van der Waals surface area contributed by atoms with Gasteiger partial charge in [-0.05, 0) is 49.9 Å². The number of benzene rings is 1. The SMILES string of the molecule is O=C(NCCn1nc(C2CC2)cc1C1CC1)c1ccc2nsnc2c1. The average molecular weight is 353 g/mol. The van der Waals surface area contributed by atoms with Crippen molar-refractivity contribution >= 4 is 28.7 Å². The summed E-state index contributed by atoms with van der Waals surface area (Å²) in [5, 5.41) is 7.79. The van der Waals surface area contributed by atoms with Gasteiger partial charge in [0.1, 0.15) is 11.0 Å². The molecular weight excluding hydrogens is 334 g/mol. The Morgan fingerprint density at radius 3 is 2.72 bits per heavy atom. The van der Waals surface area contributed by atoms with E-state index in [1.807, 2.05) is 6.07 Å². The first-order chi connectivity index (χ1) is 12.3. The Bertz CT molecular complexity index is 938. The minimum Gasteiger partial charge on any atom is -0.350 e. The Hall–Kier alpha value is -2.28. The summed E-state index contributed by atoms with van der Waals surface area (Å²) in [6.45, 7) is 1.31. The van der Waals surface area contributed by atoms with Gasteiger partial charge < -0.3 is 5.32 Å². The Morgan fingerprint density at radius 2 is 1.92 bits per heavy atom. The van der Waals surface area contributed by atoms with Crippen LogP contribution >= 0.6 is 11.7 Å². The number of hydrogen-bond acceptors (Lipinski definition) is 5. The molecule has 0 atom stereocenters. The molecule has 3 aromatic rings. The predicted octanol–water partition coefficient (Wildman–Crippen LogP) is 3.07. The van der Waals surface area contributed by atoms with Gasteiger partial charge in [-0.3, -0.25) is 9.48 Å². The fourth-order valence-electron chi connectivity index (χ4n) is 3.22. The van der Waals surface area contributed by atoms with E-state index in [2.05, 4.69) is 24.8 Å². The van der Waals surface area contributed by atoms with Crippen molar-refractivity contribution < 1.29 is 4.79 Å². The van der Waals surface area contributed by atoms with Gasteiger partial charge in [0.25, 0.3) is 5.91 Å². The fraction of sp³-hybridized carbons (Fsp3) is 0.444. The molecule has 0 spiro atoms. The monoisotopic (exact) mass is 353 g/mol. The van der Waals surface area contributed by atoms with Gasteiger partial charge in [0.15, 0.2) is 0 Å². The highest BCUT2D eigenvalue weighted by atomic mass is 32.1. The number of nitrogens with one attached hydrogen (secondary N) is 1. The number of aromatic nitrogens is 4. The zero-order valence-corrected chi connectivity index (χ0v) is 14.6. The quantitative estimate of drug-likeness (QED) is 0.739. The van der Waals surface area contributed by atoms with Crippen LogP contribution in [0.1, 0.15) is 59.3 Å². The molecule has 2 aliphatic carbocycles. The second-order valence-electron chi connectivity index (χ2n) is 6.99. The third-order valence-corrected chi connectivity index (χ3v) is 5.50. The molecule has 128 valence electrons. The van der Waals surface area contributed by atoms with E-state index in [9.17, 15) is 4.79 Å². The first-order valence-electron chi connectivity index (χ1n) is 8.86. The molecule has 1 N–H and O–H groups in total. The topological polar surface area (TPSA) is 72.7 Å². The van der Waals surface area contributed by atoms with Gasteiger partial charge in [-0.15, -0.1) is 0 Å². The average Bonchev–Trinajstić information content (AvgIpc) is 3.56. The molecule has 0 radical (unpaired) electrons. The van der Waals surface area contributed by atoms with E-state index in [1.165, 1.54) is 37.1 Å². The van der Waals surface area contributed by atoms with Crippen molar-refractivity contribution in [2.24, 2.45) is 0 Å². The highest BCUT2D eigenvalue weighted by Gasteiger charge is 2.32. The van der Waals surface area contributed by atoms with Crippen LogP contribution in [0.5, 0.6) is 0 Å². The van der Waals surface area contributed by atoms with Crippen LogP contribution in [0, 0.1) is 0 Å². The third kappa shape index (κ3) is 3.04. The van der Waals surface area contributed by atoms with E-state index in [4.69, 9.17) is 5.10 Å². The van der Waals surface area contributed by atoms with Crippen molar-refractivity contribution in [2.45, 2.75) is 44.1 Å². The molecule has 2 aromatic heterocycles. The van der Waals surface area contributed by atoms with Crippen molar-refractivity contribution in [2.75, 3.05) is 6.54 Å². The maximum Gasteiger partial charge on any atom is 0.251 e. The lowest BCUT2D eigenvalue weighted by Crippen LogP contribution is -2.28. The molecule has 0 saturated heterocycles. The van der Waals surface area contributed by atoms with Gasteiger partial charge in [-0.1, -0.05) is 0 Å². The van der Waals surface area contributed by atoms with Gasteiger partial charge in [0.05, 0.1) is 24.0 Å². The number of amides is 1. The molecule has 25 heavy (non-hydrogen) atoms. The normalized spacial score (nSPS) is 17.1. The highest BCUT2D eigenvalue weighted by molar-refractivity contribution is 7.00. The molecule has 1 amide bonds. The lowest BCUT2D eigenvalue weighted by molar-refractivity contribution is 0.0952. The van der Waals surface area contributed by atoms with Crippen LogP contribution in [-0.2, 0) is 6.54 Å². The van der Waals surface area contributed by atoms with Crippen molar-refractivity contribution in [3.8, 4) is 0 Å². The van der Waals surface area contributed by atoms with Crippen LogP contribution in [0.4, 0.5) is 0 Å². The highest BCUT2D eigenvalue weighted by Crippen LogP contribution is 2.44. The molecule has 5 rings (SSSR count). The van der Waals surface area contributed by atoms with E-state index in [-0.39, 0.29) is 5.91 Å². The minimum absolute atomic E-state index is 0.0718. The standard InChI is InChI=1S/C18H19N5OS/c24-18(13-5-6-14-16(9-13)22-25-21-14)19-7-8-23-17(12-3-4-12)10-15(20-23)11-1-2-11/h5-6,9-12H,1-4,7-8H2,(H,19,24). The molecule has 7 heteroatoms. The third-order valence-electron chi connectivity index (χ3n) is 4.95. The summed E-state index contributed by atoms with van der Waals surface area (Å²) in [6, 6.07) is 7.73. The number of nitrogens with zero attached hydrogens (tertiary/aromatic N) is 4. The van der Waals surface area contributed by atoms with Crippen LogP contribution < -0.4 is 5.32 Å². The van der Waals surface area contributed by atoms with Crippen molar-refractivity contribution in [3.05, 3.63) is 41.2 Å². The van der Waals surface area contributed by atoms with Gasteiger partial charge in [-0.2, -0.15) is 13.8 Å². The second-order valence-corrected chi connectivity index (χ2v) is 7.52. The maximum atomic E-state index is 12.4. The zero-order valence-electron chi connectivity index (χ0n) is 13.8. The lowest BCUT2D eigenvalue weighted by Gasteiger charge is -2.08. The summed E-state index contributed by atoms with van der Waals surface area (Å²) < 4.78 is 10.5. The summed E-state index contributed by atoms with van der Waals surface area (Å²) in [5.74, 6) is 1.28. The Morgan fingerprint density at radius 1 is 1.12 bits per heavy atom. The van der Waals surface area contributed by atoms with Crippen LogP contribution in [0.2, 0.25) is 0 Å². The number of carbonyl (C=O) groups is 1. The number of rotatable bonds is 6. The maximum absolute atomic E-state index is 12.4. The molecular formula is C18H19N5OS. The number of hydrogen-bond donors (Lipinski definition) is 1. The molecule has 2 saturated carbocycles. The molecule has 0 bridgehead atoms. The van der Waals surface area contributed by atoms with Crippen LogP contribution in [0.3, 0.4) is 0 Å². The molecule has 6 nitrogen and oxygen atoms in total. The molecule has 1 aromatic carbocycles. The van der Waals surface area contributed by atoms with Crippen molar-refractivity contribution in [1.82, 2.24) is 23.8 Å². The smallest absolute Gasteiger partial charge is 0.251 e. The first-order valence-corrected chi connectivity index (χ1v) is 9.59. The van der Waals surface area contributed by atoms with Crippen molar-refractivity contribution in [3.63, 3.8) is 0 Å². The second kappa shape index (κ2) is 5.91. The van der Waals surface area contributed by atoms with Crippen molar-refractivity contribution in [1.29, 1.82) is 0 Å². The van der Waals surface area contributed by atoms with Crippen LogP contribution in [0.15, 0.2) is 24.3 Å². The molecule has 2 heterocycles. The number of fused-ring (bicyclic) bond motifs is 1. The van der Waals surface area contributed by atoms with Gasteiger partial charge in [-0.25, -0.2) is 0 Å². The summed E-state index contributed by atoms with van der Waals surface area (Å²) in [6.07, 6.45) is 5.07. The van der Waals surface area contributed by atoms with Gasteiger partial charge in [0, 0.05) is 29.6 Å². The number of carbonyl (C=O) groups excluding carboxylic acids is 1. The zero-order chi connectivity index (χ0) is 16.8. The molecule has 2 fully saturated rings. The summed E-state index contributed by atoms with van der Waals surface area (Å²) in [5.41, 5.74) is 4.83. The van der Waals surface area contributed by atoms with E-state index in [1.54, 1.807) is 12.1 Å². The van der Waals surface area contributed by atoms with E-state index >= 15 is 0 Å². The Balaban J connectivity index is 1.25. The van der Waals surface area contributed by atoms with E-state index < -0.39 is 0 Å². The van der Waals surface area contributed by atoms with E-state index in [0.717, 1.165) is 29.3 Å². The molecule has 0 unspecified atom stereocenters. The largest absolute Gasteiger partial charge is 0.350 e. The predicted molar refractivity (Wildman–Crippen MR) is 95.9 cm³/mol. The van der Waals surface area contributed by atoms with Gasteiger partial charge >= 0.3 is 0 Å². The van der Waals surface area contributed by atoms with Crippen LogP contribution in [-0.4, -0.2) is 31.0 Å². The molecule has 0 aliphatic heterocycles. The minimum atomic E-state index is -0.0718.